The van der Waals surface area contributed by atoms with Crippen molar-refractivity contribution in [2.45, 2.75) is 31.7 Å². The van der Waals surface area contributed by atoms with E-state index in [4.69, 9.17) is 0 Å². The van der Waals surface area contributed by atoms with Crippen molar-refractivity contribution in [3.8, 4) is 0 Å². The highest BCUT2D eigenvalue weighted by Gasteiger charge is 2.56. The molecule has 0 heterocycles. The van der Waals surface area contributed by atoms with Gasteiger partial charge in [-0.25, -0.2) is 0 Å². The summed E-state index contributed by atoms with van der Waals surface area (Å²) in [6.07, 6.45) is 6.17. The Hall–Kier alpha value is -0.0400. The zero-order chi connectivity index (χ0) is 7.42. The molecule has 0 spiro atoms. The molecule has 0 aliphatic heterocycles. The summed E-state index contributed by atoms with van der Waals surface area (Å²) >= 11 is 0. The second-order valence-corrected chi connectivity index (χ2v) is 4.71. The lowest BCUT2D eigenvalue weighted by Crippen LogP contribution is -2.51. The second kappa shape index (κ2) is 2.01. The zero-order valence-corrected chi connectivity index (χ0v) is 7.22. The van der Waals surface area contributed by atoms with Gasteiger partial charge in [-0.05, 0) is 56.4 Å². The van der Waals surface area contributed by atoms with Crippen molar-refractivity contribution in [1.82, 2.24) is 5.32 Å². The molecule has 5 atom stereocenters. The smallest absolute Gasteiger partial charge is 0.0101 e. The van der Waals surface area contributed by atoms with Crippen LogP contribution in [0.5, 0.6) is 0 Å². The maximum Gasteiger partial charge on any atom is 0.0101 e. The fourth-order valence-electron chi connectivity index (χ4n) is 4.00. The highest BCUT2D eigenvalue weighted by atomic mass is 14.9. The molecule has 1 nitrogen and oxygen atoms in total. The van der Waals surface area contributed by atoms with E-state index in [-0.39, 0.29) is 0 Å². The van der Waals surface area contributed by atoms with Crippen LogP contribution < -0.4 is 5.32 Å². The van der Waals surface area contributed by atoms with Gasteiger partial charge in [-0.1, -0.05) is 0 Å². The minimum atomic E-state index is 0.898. The Balaban J connectivity index is 1.80. The van der Waals surface area contributed by atoms with Crippen molar-refractivity contribution in [2.75, 3.05) is 7.05 Å². The van der Waals surface area contributed by atoms with Gasteiger partial charge in [0.1, 0.15) is 0 Å². The zero-order valence-electron chi connectivity index (χ0n) is 7.22. The Labute approximate surface area is 68.6 Å². The highest BCUT2D eigenvalue weighted by Crippen LogP contribution is 2.60. The van der Waals surface area contributed by atoms with Crippen LogP contribution in [0.4, 0.5) is 0 Å². The third kappa shape index (κ3) is 0.658. The van der Waals surface area contributed by atoms with Crippen molar-refractivity contribution in [3.05, 3.63) is 0 Å². The number of hydrogen-bond donors (Lipinski definition) is 1. The molecular weight excluding hydrogens is 134 g/mol. The van der Waals surface area contributed by atoms with Crippen LogP contribution in [0.2, 0.25) is 0 Å². The molecule has 1 N–H and O–H groups in total. The third-order valence-electron chi connectivity index (χ3n) is 4.52. The van der Waals surface area contributed by atoms with E-state index in [2.05, 4.69) is 12.4 Å². The number of rotatable bonds is 1. The summed E-state index contributed by atoms with van der Waals surface area (Å²) in [5.41, 5.74) is 0. The lowest BCUT2D eigenvalue weighted by molar-refractivity contribution is 0.0543. The van der Waals surface area contributed by atoms with Gasteiger partial charge >= 0.3 is 0 Å². The Kier molecular flexibility index (Phi) is 1.18. The molecule has 3 aliphatic rings. The van der Waals surface area contributed by atoms with Crippen LogP contribution in [0.3, 0.4) is 0 Å². The number of hydrogen-bond acceptors (Lipinski definition) is 1. The molecule has 62 valence electrons. The first-order valence-corrected chi connectivity index (χ1v) is 5.07. The van der Waals surface area contributed by atoms with Crippen LogP contribution in [0.1, 0.15) is 25.7 Å². The summed E-state index contributed by atoms with van der Waals surface area (Å²) in [4.78, 5) is 0. The molecule has 0 saturated heterocycles. The number of nitrogens with one attached hydrogen (secondary N) is 1. The third-order valence-corrected chi connectivity index (χ3v) is 4.52. The van der Waals surface area contributed by atoms with Gasteiger partial charge in [-0.2, -0.15) is 0 Å². The van der Waals surface area contributed by atoms with Crippen molar-refractivity contribution >= 4 is 0 Å². The van der Waals surface area contributed by atoms with Crippen LogP contribution in [0, 0.1) is 23.7 Å². The largest absolute Gasteiger partial charge is 0.317 e. The molecule has 0 radical (unpaired) electrons. The van der Waals surface area contributed by atoms with E-state index in [1.807, 2.05) is 0 Å². The van der Waals surface area contributed by atoms with E-state index in [1.165, 1.54) is 6.42 Å². The van der Waals surface area contributed by atoms with Crippen molar-refractivity contribution in [3.63, 3.8) is 0 Å². The van der Waals surface area contributed by atoms with Gasteiger partial charge < -0.3 is 5.32 Å². The van der Waals surface area contributed by atoms with Crippen LogP contribution in [0.25, 0.3) is 0 Å². The monoisotopic (exact) mass is 151 g/mol. The highest BCUT2D eigenvalue weighted by molar-refractivity contribution is 5.08. The molecule has 1 heteroatoms. The summed E-state index contributed by atoms with van der Waals surface area (Å²) < 4.78 is 0. The predicted octanol–water partition coefficient (Wildman–Crippen LogP) is 1.64. The summed E-state index contributed by atoms with van der Waals surface area (Å²) in [5.74, 6) is 4.51. The van der Waals surface area contributed by atoms with Crippen LogP contribution in [-0.4, -0.2) is 13.1 Å². The number of fused-ring (bicyclic) bond motifs is 5. The molecule has 0 aromatic carbocycles. The van der Waals surface area contributed by atoms with Crippen LogP contribution in [0.15, 0.2) is 0 Å². The van der Waals surface area contributed by atoms with Gasteiger partial charge in [0, 0.05) is 6.04 Å². The van der Waals surface area contributed by atoms with Gasteiger partial charge in [-0.15, -0.1) is 0 Å². The van der Waals surface area contributed by atoms with Crippen LogP contribution in [-0.2, 0) is 0 Å². The summed E-state index contributed by atoms with van der Waals surface area (Å²) in [7, 11) is 2.13. The minimum Gasteiger partial charge on any atom is -0.317 e. The van der Waals surface area contributed by atoms with E-state index in [9.17, 15) is 0 Å². The van der Waals surface area contributed by atoms with E-state index in [1.54, 1.807) is 19.3 Å². The molecule has 11 heavy (non-hydrogen) atoms. The van der Waals surface area contributed by atoms with E-state index in [0.717, 1.165) is 29.7 Å². The Morgan fingerprint density at radius 3 is 2.64 bits per heavy atom. The molecule has 0 amide bonds. The quantitative estimate of drug-likeness (QED) is 0.600. The van der Waals surface area contributed by atoms with E-state index < -0.39 is 0 Å². The van der Waals surface area contributed by atoms with Gasteiger partial charge in [0.2, 0.25) is 0 Å². The summed E-state index contributed by atoms with van der Waals surface area (Å²) in [6, 6.07) is 0.898. The molecule has 3 rings (SSSR count). The molecule has 3 saturated carbocycles. The van der Waals surface area contributed by atoms with E-state index in [0.29, 0.717) is 0 Å². The first kappa shape index (κ1) is 6.47. The summed E-state index contributed by atoms with van der Waals surface area (Å²) in [5, 5.41) is 3.46. The molecule has 3 aliphatic carbocycles. The fraction of sp³-hybridized carbons (Fsp3) is 1.00. The first-order chi connectivity index (χ1) is 5.40. The molecule has 0 aromatic rings. The molecular formula is C10H17N. The average Bonchev–Trinajstić information content (AvgIpc) is 2.43. The topological polar surface area (TPSA) is 12.0 Å². The van der Waals surface area contributed by atoms with Gasteiger partial charge in [-0.3, -0.25) is 0 Å². The first-order valence-electron chi connectivity index (χ1n) is 5.07. The molecule has 3 fully saturated rings. The van der Waals surface area contributed by atoms with Crippen molar-refractivity contribution in [2.24, 2.45) is 23.7 Å². The minimum absolute atomic E-state index is 0.898. The lowest BCUT2D eigenvalue weighted by atomic mass is 9.62. The van der Waals surface area contributed by atoms with Gasteiger partial charge in [0.25, 0.3) is 0 Å². The maximum absolute atomic E-state index is 3.46. The maximum atomic E-state index is 3.46. The van der Waals surface area contributed by atoms with Gasteiger partial charge in [0.05, 0.1) is 0 Å². The Morgan fingerprint density at radius 2 is 1.91 bits per heavy atom. The Morgan fingerprint density at radius 1 is 1.09 bits per heavy atom. The molecule has 5 unspecified atom stereocenters. The molecule has 2 bridgehead atoms. The van der Waals surface area contributed by atoms with Crippen molar-refractivity contribution < 1.29 is 0 Å². The Bertz CT molecular complexity index is 176. The van der Waals surface area contributed by atoms with Gasteiger partial charge in [0.15, 0.2) is 0 Å². The average molecular weight is 151 g/mol. The second-order valence-electron chi connectivity index (χ2n) is 4.71. The SMILES string of the molecule is CNC1CC2C3CCC(C3)C12. The van der Waals surface area contributed by atoms with E-state index >= 15 is 0 Å². The van der Waals surface area contributed by atoms with Crippen molar-refractivity contribution in [1.29, 1.82) is 0 Å². The standard InChI is InChI=1S/C10H17N/c1-11-9-5-8-6-2-3-7(4-6)10(8)9/h6-11H,2-5H2,1H3. The van der Waals surface area contributed by atoms with Crippen LogP contribution >= 0.6 is 0 Å². The normalized spacial score (nSPS) is 59.2. The predicted molar refractivity (Wildman–Crippen MR) is 45.3 cm³/mol. The summed E-state index contributed by atoms with van der Waals surface area (Å²) in [6.45, 7) is 0. The fourth-order valence-corrected chi connectivity index (χ4v) is 4.00. The lowest BCUT2D eigenvalue weighted by Gasteiger charge is -2.47. The molecule has 0 aromatic heterocycles.